The van der Waals surface area contributed by atoms with Crippen LogP contribution in [-0.4, -0.2) is 328 Å². The van der Waals surface area contributed by atoms with Gasteiger partial charge in [-0.1, -0.05) is 0 Å². The monoisotopic (exact) mass is 2090 g/mol. The van der Waals surface area contributed by atoms with Crippen LogP contribution in [-0.2, 0) is 253 Å². The van der Waals surface area contributed by atoms with Gasteiger partial charge in [0.05, 0.1) is 25.9 Å². The molecule has 818 valence electrons. The number of Topliss-reactive ketones (excluding diaryl/α,β-unsaturated/α-hetero) is 17. The van der Waals surface area contributed by atoms with Gasteiger partial charge in [0.1, 0.15) is 284 Å². The average molecular weight is 2090 g/mol. The highest BCUT2D eigenvalue weighted by Crippen LogP contribution is 2.26. The molecule has 0 aromatic rings. The molecule has 0 radical (unpaired) electrons. The van der Waals surface area contributed by atoms with E-state index >= 15 is 0 Å². The first kappa shape index (κ1) is 140. The maximum Gasteiger partial charge on any atom is 0.316 e. The quantitative estimate of drug-likeness (QED) is 0.0357. The fourth-order valence-corrected chi connectivity index (χ4v) is 9.72. The van der Waals surface area contributed by atoms with E-state index in [0.29, 0.717) is 0 Å². The Hall–Kier alpha value is -14.7. The van der Waals surface area contributed by atoms with Gasteiger partial charge in [0, 0.05) is 0 Å². The van der Waals surface area contributed by atoms with Crippen LogP contribution in [0.25, 0.3) is 0 Å². The van der Waals surface area contributed by atoms with Gasteiger partial charge in [-0.3, -0.25) is 163 Å². The van der Waals surface area contributed by atoms with Crippen molar-refractivity contribution in [1.82, 2.24) is 0 Å². The molecular formula is C93H128O53. The third-order valence-electron chi connectivity index (χ3n) is 15.5. The van der Waals surface area contributed by atoms with Crippen LogP contribution >= 0.6 is 0 Å². The lowest BCUT2D eigenvalue weighted by molar-refractivity contribution is -0.240. The first-order valence-corrected chi connectivity index (χ1v) is 44.0. The van der Waals surface area contributed by atoms with Gasteiger partial charge < -0.3 is 90.0 Å². The molecule has 0 spiro atoms. The Balaban J connectivity index is -0.000000592. The van der Waals surface area contributed by atoms with E-state index in [1.165, 1.54) is 55.4 Å². The topological polar surface area (TPSA) is 756 Å². The summed E-state index contributed by atoms with van der Waals surface area (Å²) in [6, 6.07) is 0. The number of esters is 17. The van der Waals surface area contributed by atoms with Gasteiger partial charge in [-0.2, -0.15) is 0 Å². The zero-order valence-electron chi connectivity index (χ0n) is 85.1. The zero-order chi connectivity index (χ0) is 114. The largest absolute Gasteiger partial charge is 0.464 e. The Morgan fingerprint density at radius 1 is 0.171 bits per heavy atom. The van der Waals surface area contributed by atoms with E-state index < -0.39 is 361 Å². The summed E-state index contributed by atoms with van der Waals surface area (Å²) in [5, 5.41) is 0. The molecule has 7 unspecified atom stereocenters. The van der Waals surface area contributed by atoms with Crippen molar-refractivity contribution in [2.45, 2.75) is 310 Å². The molecule has 0 rings (SSSR count). The van der Waals surface area contributed by atoms with Gasteiger partial charge in [-0.05, 0) is 145 Å². The Morgan fingerprint density at radius 2 is 0.356 bits per heavy atom. The highest BCUT2D eigenvalue weighted by molar-refractivity contribution is 6.02. The third kappa shape index (κ3) is 87.1. The van der Waals surface area contributed by atoms with Crippen LogP contribution in [0.1, 0.15) is 255 Å². The van der Waals surface area contributed by atoms with Crippen molar-refractivity contribution in [3.8, 4) is 0 Å². The fraction of sp³-hybridized carbons (Fsp3) is 0.634. The van der Waals surface area contributed by atoms with E-state index in [1.54, 1.807) is 20.8 Å². The van der Waals surface area contributed by atoms with Crippen LogP contribution in [0.5, 0.6) is 0 Å². The second-order valence-electron chi connectivity index (χ2n) is 32.8. The molecule has 0 bridgehead atoms. The minimum Gasteiger partial charge on any atom is -0.464 e. The predicted molar refractivity (Wildman–Crippen MR) is 479 cm³/mol. The fourth-order valence-electron chi connectivity index (χ4n) is 9.72. The van der Waals surface area contributed by atoms with Crippen molar-refractivity contribution in [2.75, 3.05) is 72.7 Å². The molecule has 7 atom stereocenters. The van der Waals surface area contributed by atoms with Gasteiger partial charge in [0.15, 0.2) is 18.3 Å². The number of ether oxygens (including phenoxy) is 19. The number of ketones is 17. The molecule has 0 aliphatic carbocycles. The molecule has 0 fully saturated rings. The highest BCUT2D eigenvalue weighted by atomic mass is 16.7. The summed E-state index contributed by atoms with van der Waals surface area (Å²) in [7, 11) is 0. The van der Waals surface area contributed by atoms with Gasteiger partial charge in [-0.15, -0.1) is 0 Å². The van der Waals surface area contributed by atoms with Crippen LogP contribution in [0.2, 0.25) is 0 Å². The average Bonchev–Trinajstić information content (AvgIpc) is 0.817. The van der Waals surface area contributed by atoms with Gasteiger partial charge >= 0.3 is 101 Å². The molecule has 146 heavy (non-hydrogen) atoms. The number of hydrogen-bond donors (Lipinski definition) is 0. The molecule has 0 amide bonds. The normalized spacial score (nSPS) is 11.8. The summed E-state index contributed by atoms with van der Waals surface area (Å²) in [4.78, 5) is 391. The SMILES string of the molecule is CC(=O)CC(=O)OC(C)COCC(C)OCC(C)OC(=O)CC(C)=O.CC(=O)CC(=O)OCC(C)OC(=O)CC(C)=O.CC(=O)CC(=O)OCC(COC(=O)CC(C)=O)(COC(=O)CC(C)=O)COC(=O)CC(C)=O.CC(=O)CC(=O)OCC(COC(=O)CC(C)=O)OC(=O)CC(C)=O.CC(=O)CC(=O)OCC(OC(=O)CC(C)=O)C(OC(=O)CC(C)=O)C(OC(=O)CC(C)=O)C(OC(=O)CC(C)=O)OC(=O)CC(C)=O. The van der Waals surface area contributed by atoms with Gasteiger partial charge in [0.25, 0.3) is 6.29 Å². The summed E-state index contributed by atoms with van der Waals surface area (Å²) < 4.78 is 95.6. The predicted octanol–water partition coefficient (Wildman–Crippen LogP) is 1.19. The van der Waals surface area contributed by atoms with Crippen molar-refractivity contribution >= 4 is 200 Å². The Bertz CT molecular complexity index is 4430. The maximum absolute atomic E-state index is 12.8. The Labute approximate surface area is 837 Å². The summed E-state index contributed by atoms with van der Waals surface area (Å²) in [6.45, 7) is 22.0. The Morgan fingerprint density at radius 3 is 0.616 bits per heavy atom. The van der Waals surface area contributed by atoms with Crippen LogP contribution in [0.4, 0.5) is 0 Å². The van der Waals surface area contributed by atoms with Crippen LogP contribution < -0.4 is 0 Å². The van der Waals surface area contributed by atoms with Gasteiger partial charge in [-0.25, -0.2) is 0 Å². The molecular weight excluding hydrogens is 1960 g/mol. The standard InChI is InChI=1S/C29H36O18.C21H28O12.C17H28O8.C15H20O9.C11H16O6/c1-14(30)7-21(36)42-13-20(43-22(37)8-15(2)31)27(44-23(38)9-16(3)32)28(45-24(39)10-17(4)33)29(46-25(40)11-18(5)34)47-26(41)12-19(6)35;1-13(22)5-17(26)30-9-21(10-31-18(27)6-14(2)23,11-32-19(28)7-15(3)24)12-33-20(29)8-16(4)25;1-11(18)6-16(20)24-14(4)9-22-8-13(3)23-10-15(5)25-17(21)7-12(2)19;1-9(16)4-13(19)22-7-12(24-15(21)6-11(3)18)8-23-14(20)5-10(2)17;1-7(12)4-10(14)16-6-9(3)17-11(15)5-8(2)13/h20,27-29H,7-13H2,1-6H3;5-12H2,1-4H3;13-15H,6-10H2,1-5H3;12H,4-8H2,1-3H3;9H,4-6H2,1-3H3. The lowest BCUT2D eigenvalue weighted by atomic mass is 9.92. The first-order valence-electron chi connectivity index (χ1n) is 44.0. The number of hydrogen-bond acceptors (Lipinski definition) is 53. The second-order valence-corrected chi connectivity index (χ2v) is 32.8. The molecule has 0 N–H and O–H groups in total. The summed E-state index contributed by atoms with van der Waals surface area (Å²) >= 11 is 0. The molecule has 0 saturated heterocycles. The molecule has 0 aromatic carbocycles. The summed E-state index contributed by atoms with van der Waals surface area (Å²) in [5.74, 6) is -25.6. The molecule has 0 aliphatic rings. The highest BCUT2D eigenvalue weighted by Gasteiger charge is 2.48. The lowest BCUT2D eigenvalue weighted by Crippen LogP contribution is -2.54. The van der Waals surface area contributed by atoms with Crippen LogP contribution in [0.15, 0.2) is 0 Å². The smallest absolute Gasteiger partial charge is 0.316 e. The molecule has 0 aromatic heterocycles. The summed E-state index contributed by atoms with van der Waals surface area (Å²) in [6.07, 6.45) is -22.6. The first-order chi connectivity index (χ1) is 67.4. The minimum atomic E-state index is -2.51. The Kier molecular flexibility index (Phi) is 74.5. The lowest BCUT2D eigenvalue weighted by Gasteiger charge is -2.35. The van der Waals surface area contributed by atoms with Crippen LogP contribution in [0.3, 0.4) is 0 Å². The van der Waals surface area contributed by atoms with Crippen molar-refractivity contribution in [2.24, 2.45) is 5.41 Å². The molecule has 53 heteroatoms. The number of carbonyl (C=O) groups is 34. The van der Waals surface area contributed by atoms with E-state index in [0.717, 1.165) is 69.2 Å². The van der Waals surface area contributed by atoms with E-state index in [4.69, 9.17) is 90.0 Å². The minimum absolute atomic E-state index is 0.129. The van der Waals surface area contributed by atoms with E-state index in [2.05, 4.69) is 0 Å². The summed E-state index contributed by atoms with van der Waals surface area (Å²) in [5.41, 5.74) is -1.64. The van der Waals surface area contributed by atoms with Crippen LogP contribution in [0, 0.1) is 5.41 Å². The molecule has 0 heterocycles. The maximum atomic E-state index is 12.8. The van der Waals surface area contributed by atoms with E-state index in [1.807, 2.05) is 0 Å². The third-order valence-corrected chi connectivity index (χ3v) is 15.5. The van der Waals surface area contributed by atoms with E-state index in [9.17, 15) is 163 Å². The van der Waals surface area contributed by atoms with Crippen molar-refractivity contribution in [1.29, 1.82) is 0 Å². The number of carbonyl (C=O) groups excluding carboxylic acids is 34. The number of rotatable bonds is 69. The van der Waals surface area contributed by atoms with Gasteiger partial charge in [0.2, 0.25) is 6.10 Å². The second kappa shape index (κ2) is 77.8. The van der Waals surface area contributed by atoms with E-state index in [-0.39, 0.29) is 81.3 Å². The van der Waals surface area contributed by atoms with Crippen molar-refractivity contribution in [3.05, 3.63) is 0 Å². The molecule has 0 aliphatic heterocycles. The molecule has 53 nitrogen and oxygen atoms in total. The zero-order valence-corrected chi connectivity index (χ0v) is 85.1. The molecule has 0 saturated carbocycles. The van der Waals surface area contributed by atoms with Crippen molar-refractivity contribution < 1.29 is 253 Å². The van der Waals surface area contributed by atoms with Crippen molar-refractivity contribution in [3.63, 3.8) is 0 Å².